The number of nitrogens with one attached hydrogen (secondary N) is 1. The van der Waals surface area contributed by atoms with Gasteiger partial charge in [-0.05, 0) is 18.6 Å². The highest BCUT2D eigenvalue weighted by molar-refractivity contribution is 5.77. The van der Waals surface area contributed by atoms with E-state index in [1.807, 2.05) is 28.8 Å². The topological polar surface area (TPSA) is 80.6 Å². The summed E-state index contributed by atoms with van der Waals surface area (Å²) < 4.78 is 1.90. The average Bonchev–Trinajstić information content (AvgIpc) is 2.77. The second kappa shape index (κ2) is 5.29. The van der Waals surface area contributed by atoms with Crippen LogP contribution in [0.3, 0.4) is 0 Å². The molecule has 0 bridgehead atoms. The van der Waals surface area contributed by atoms with Crippen molar-refractivity contribution < 1.29 is 0 Å². The molecule has 2 aromatic heterocycles. The molecule has 0 saturated heterocycles. The predicted octanol–water partition coefficient (Wildman–Crippen LogP) is 0.544. The van der Waals surface area contributed by atoms with E-state index in [2.05, 4.69) is 27.4 Å². The molecule has 17 heavy (non-hydrogen) atoms. The van der Waals surface area contributed by atoms with E-state index >= 15 is 0 Å². The van der Waals surface area contributed by atoms with Crippen molar-refractivity contribution in [1.82, 2.24) is 19.9 Å². The molecular formula is C11H16N6. The monoisotopic (exact) mass is 232 g/mol. The highest BCUT2D eigenvalue weighted by Crippen LogP contribution is 2.03. The lowest BCUT2D eigenvalue weighted by molar-refractivity contribution is 0.814. The van der Waals surface area contributed by atoms with E-state index in [-0.39, 0.29) is 0 Å². The van der Waals surface area contributed by atoms with E-state index in [1.54, 1.807) is 0 Å². The molecule has 0 aliphatic heterocycles. The first-order chi connectivity index (χ1) is 8.31. The second-order valence-corrected chi connectivity index (χ2v) is 3.67. The number of pyridine rings is 1. The van der Waals surface area contributed by atoms with Crippen molar-refractivity contribution in [3.63, 3.8) is 0 Å². The Hall–Kier alpha value is -2.11. The van der Waals surface area contributed by atoms with Crippen molar-refractivity contribution in [2.75, 3.05) is 6.54 Å². The van der Waals surface area contributed by atoms with Crippen LogP contribution < -0.4 is 11.1 Å². The Balaban J connectivity index is 2.08. The number of nitrogens with zero attached hydrogens (tertiary/aromatic N) is 4. The van der Waals surface area contributed by atoms with E-state index in [0.717, 1.165) is 24.4 Å². The molecule has 90 valence electrons. The van der Waals surface area contributed by atoms with Gasteiger partial charge in [-0.1, -0.05) is 13.0 Å². The fourth-order valence-corrected chi connectivity index (χ4v) is 1.46. The van der Waals surface area contributed by atoms with Crippen LogP contribution in [0, 0.1) is 0 Å². The molecule has 0 saturated carbocycles. The van der Waals surface area contributed by atoms with E-state index < -0.39 is 0 Å². The molecule has 0 fully saturated rings. The van der Waals surface area contributed by atoms with E-state index in [4.69, 9.17) is 5.73 Å². The fourth-order valence-electron chi connectivity index (χ4n) is 1.46. The summed E-state index contributed by atoms with van der Waals surface area (Å²) in [6.45, 7) is 3.33. The summed E-state index contributed by atoms with van der Waals surface area (Å²) in [4.78, 5) is 4.21. The zero-order valence-electron chi connectivity index (χ0n) is 9.80. The molecule has 0 atom stereocenters. The van der Waals surface area contributed by atoms with Gasteiger partial charge in [-0.3, -0.25) is 4.40 Å². The van der Waals surface area contributed by atoms with Crippen LogP contribution in [0.2, 0.25) is 0 Å². The van der Waals surface area contributed by atoms with Crippen molar-refractivity contribution in [2.24, 2.45) is 10.7 Å². The zero-order chi connectivity index (χ0) is 12.1. The Kier molecular flexibility index (Phi) is 3.54. The van der Waals surface area contributed by atoms with Gasteiger partial charge in [-0.2, -0.15) is 0 Å². The number of aromatic nitrogens is 3. The number of hydrogen-bond acceptors (Lipinski definition) is 3. The Bertz CT molecular complexity index is 515. The van der Waals surface area contributed by atoms with Crippen molar-refractivity contribution in [2.45, 2.75) is 19.9 Å². The van der Waals surface area contributed by atoms with Crippen LogP contribution in [0.25, 0.3) is 5.65 Å². The molecule has 6 nitrogen and oxygen atoms in total. The van der Waals surface area contributed by atoms with Gasteiger partial charge in [-0.25, -0.2) is 4.99 Å². The summed E-state index contributed by atoms with van der Waals surface area (Å²) in [6, 6.07) is 5.76. The molecule has 0 amide bonds. The Morgan fingerprint density at radius 2 is 2.35 bits per heavy atom. The molecule has 2 heterocycles. The minimum atomic E-state index is 0.424. The molecule has 2 rings (SSSR count). The van der Waals surface area contributed by atoms with Crippen molar-refractivity contribution in [3.8, 4) is 0 Å². The first-order valence-electron chi connectivity index (χ1n) is 5.63. The lowest BCUT2D eigenvalue weighted by atomic mass is 10.4. The summed E-state index contributed by atoms with van der Waals surface area (Å²) in [5.74, 6) is 1.22. The van der Waals surface area contributed by atoms with Gasteiger partial charge in [0.15, 0.2) is 17.4 Å². The number of hydrogen-bond donors (Lipinski definition) is 2. The van der Waals surface area contributed by atoms with Crippen LogP contribution in [0.15, 0.2) is 29.4 Å². The van der Waals surface area contributed by atoms with E-state index in [9.17, 15) is 0 Å². The molecule has 3 N–H and O–H groups in total. The zero-order valence-corrected chi connectivity index (χ0v) is 9.80. The van der Waals surface area contributed by atoms with Gasteiger partial charge in [0, 0.05) is 12.7 Å². The Labute approximate surface area is 99.6 Å². The maximum atomic E-state index is 5.70. The number of rotatable bonds is 4. The van der Waals surface area contributed by atoms with Crippen LogP contribution in [0.5, 0.6) is 0 Å². The smallest absolute Gasteiger partial charge is 0.189 e. The average molecular weight is 232 g/mol. The highest BCUT2D eigenvalue weighted by atomic mass is 15.3. The van der Waals surface area contributed by atoms with Crippen molar-refractivity contribution >= 4 is 11.6 Å². The van der Waals surface area contributed by atoms with E-state index in [0.29, 0.717) is 12.5 Å². The number of guanidine groups is 1. The lowest BCUT2D eigenvalue weighted by Crippen LogP contribution is -2.32. The van der Waals surface area contributed by atoms with E-state index in [1.165, 1.54) is 0 Å². The van der Waals surface area contributed by atoms with Gasteiger partial charge >= 0.3 is 0 Å². The van der Waals surface area contributed by atoms with Gasteiger partial charge in [0.1, 0.15) is 6.54 Å². The van der Waals surface area contributed by atoms with Crippen LogP contribution >= 0.6 is 0 Å². The Morgan fingerprint density at radius 3 is 3.18 bits per heavy atom. The van der Waals surface area contributed by atoms with Gasteiger partial charge in [0.05, 0.1) is 0 Å². The summed E-state index contributed by atoms with van der Waals surface area (Å²) in [6.07, 6.45) is 2.93. The molecule has 0 aromatic carbocycles. The van der Waals surface area contributed by atoms with Crippen LogP contribution in [0.1, 0.15) is 19.2 Å². The SMILES string of the molecule is CCCNC(N)=NCc1nnc2ccccn12. The van der Waals surface area contributed by atoms with Gasteiger partial charge in [0.2, 0.25) is 0 Å². The molecule has 0 aliphatic carbocycles. The van der Waals surface area contributed by atoms with Gasteiger partial charge in [0.25, 0.3) is 0 Å². The quantitative estimate of drug-likeness (QED) is 0.595. The predicted molar refractivity (Wildman–Crippen MR) is 66.6 cm³/mol. The van der Waals surface area contributed by atoms with Crippen LogP contribution in [-0.4, -0.2) is 27.1 Å². The molecular weight excluding hydrogens is 216 g/mol. The van der Waals surface area contributed by atoms with Crippen LogP contribution in [-0.2, 0) is 6.54 Å². The normalized spacial score (nSPS) is 11.9. The number of aliphatic imine (C=N–C) groups is 1. The second-order valence-electron chi connectivity index (χ2n) is 3.67. The number of nitrogens with two attached hydrogens (primary N) is 1. The summed E-state index contributed by atoms with van der Waals surface area (Å²) >= 11 is 0. The summed E-state index contributed by atoms with van der Waals surface area (Å²) in [7, 11) is 0. The lowest BCUT2D eigenvalue weighted by Gasteiger charge is -2.02. The molecule has 0 unspecified atom stereocenters. The largest absolute Gasteiger partial charge is 0.370 e. The summed E-state index contributed by atoms with van der Waals surface area (Å²) in [5, 5.41) is 11.1. The third-order valence-electron chi connectivity index (χ3n) is 2.33. The number of fused-ring (bicyclic) bond motifs is 1. The highest BCUT2D eigenvalue weighted by Gasteiger charge is 2.02. The van der Waals surface area contributed by atoms with Crippen molar-refractivity contribution in [1.29, 1.82) is 0 Å². The maximum Gasteiger partial charge on any atom is 0.189 e. The minimum Gasteiger partial charge on any atom is -0.370 e. The standard InChI is InChI=1S/C11H16N6/c1-2-6-13-11(12)14-8-10-16-15-9-5-3-4-7-17(9)10/h3-5,7H,2,6,8H2,1H3,(H3,12,13,14). The molecule has 0 aliphatic rings. The summed E-state index contributed by atoms with van der Waals surface area (Å²) in [5.41, 5.74) is 6.52. The molecule has 0 radical (unpaired) electrons. The first-order valence-corrected chi connectivity index (χ1v) is 5.63. The first kappa shape index (κ1) is 11.4. The Morgan fingerprint density at radius 1 is 1.47 bits per heavy atom. The molecule has 0 spiro atoms. The van der Waals surface area contributed by atoms with Gasteiger partial charge in [-0.15, -0.1) is 10.2 Å². The minimum absolute atomic E-state index is 0.424. The van der Waals surface area contributed by atoms with Crippen LogP contribution in [0.4, 0.5) is 0 Å². The van der Waals surface area contributed by atoms with Crippen molar-refractivity contribution in [3.05, 3.63) is 30.2 Å². The fraction of sp³-hybridized carbons (Fsp3) is 0.364. The molecule has 2 aromatic rings. The van der Waals surface area contributed by atoms with Gasteiger partial charge < -0.3 is 11.1 Å². The third kappa shape index (κ3) is 2.72. The third-order valence-corrected chi connectivity index (χ3v) is 2.33. The molecule has 6 heteroatoms. The maximum absolute atomic E-state index is 5.70.